The predicted molar refractivity (Wildman–Crippen MR) is 79.9 cm³/mol. The van der Waals surface area contributed by atoms with Gasteiger partial charge in [0.1, 0.15) is 18.0 Å². The molecule has 1 aromatic heterocycles. The summed E-state index contributed by atoms with van der Waals surface area (Å²) in [7, 11) is 0. The molecule has 0 atom stereocenters. The molecule has 1 aromatic rings. The molecular weight excluding hydrogens is 238 g/mol. The van der Waals surface area contributed by atoms with Gasteiger partial charge < -0.3 is 15.1 Å². The Morgan fingerprint density at radius 3 is 2.53 bits per heavy atom. The largest absolute Gasteiger partial charge is 0.370 e. The van der Waals surface area contributed by atoms with Gasteiger partial charge in [0, 0.05) is 38.3 Å². The number of likely N-dealkylation sites (N-methyl/N-ethyl adjacent to an activating group) is 1. The Balaban J connectivity index is 2.08. The minimum Gasteiger partial charge on any atom is -0.370 e. The van der Waals surface area contributed by atoms with Gasteiger partial charge in [-0.1, -0.05) is 13.8 Å². The maximum Gasteiger partial charge on any atom is 0.137 e. The number of hydrogen-bond donors (Lipinski definition) is 1. The molecule has 0 amide bonds. The monoisotopic (exact) mass is 263 g/mol. The molecule has 106 valence electrons. The Hall–Kier alpha value is -1.36. The summed E-state index contributed by atoms with van der Waals surface area (Å²) >= 11 is 0. The van der Waals surface area contributed by atoms with Crippen LogP contribution in [0.25, 0.3) is 0 Å². The lowest BCUT2D eigenvalue weighted by Crippen LogP contribution is -2.46. The second-order valence-corrected chi connectivity index (χ2v) is 5.02. The lowest BCUT2D eigenvalue weighted by Gasteiger charge is -2.35. The number of rotatable bonds is 5. The molecule has 1 aliphatic rings. The summed E-state index contributed by atoms with van der Waals surface area (Å²) in [6.07, 6.45) is 2.78. The van der Waals surface area contributed by atoms with Gasteiger partial charge in [-0.3, -0.25) is 0 Å². The van der Waals surface area contributed by atoms with Crippen molar-refractivity contribution in [2.24, 2.45) is 0 Å². The number of anilines is 2. The van der Waals surface area contributed by atoms with E-state index in [-0.39, 0.29) is 0 Å². The molecule has 1 saturated heterocycles. The van der Waals surface area contributed by atoms with Crippen molar-refractivity contribution >= 4 is 11.6 Å². The zero-order valence-corrected chi connectivity index (χ0v) is 12.3. The minimum absolute atomic E-state index is 0.959. The molecule has 2 rings (SSSR count). The molecule has 5 nitrogen and oxygen atoms in total. The first-order chi connectivity index (χ1) is 9.26. The van der Waals surface area contributed by atoms with E-state index < -0.39 is 0 Å². The number of nitrogens with one attached hydrogen (secondary N) is 1. The Bertz CT molecular complexity index is 399. The molecule has 1 fully saturated rings. The van der Waals surface area contributed by atoms with Gasteiger partial charge in [0.15, 0.2) is 0 Å². The van der Waals surface area contributed by atoms with E-state index in [0.29, 0.717) is 0 Å². The summed E-state index contributed by atoms with van der Waals surface area (Å²) < 4.78 is 0. The van der Waals surface area contributed by atoms with Crippen LogP contribution in [0.4, 0.5) is 11.6 Å². The van der Waals surface area contributed by atoms with Gasteiger partial charge in [-0.25, -0.2) is 9.97 Å². The van der Waals surface area contributed by atoms with Crippen LogP contribution in [-0.4, -0.2) is 54.1 Å². The number of piperazine rings is 1. The van der Waals surface area contributed by atoms with Crippen LogP contribution in [0.15, 0.2) is 6.33 Å². The minimum atomic E-state index is 0.959. The van der Waals surface area contributed by atoms with Crippen molar-refractivity contribution in [1.29, 1.82) is 0 Å². The maximum atomic E-state index is 4.48. The number of hydrogen-bond acceptors (Lipinski definition) is 5. The van der Waals surface area contributed by atoms with Gasteiger partial charge in [-0.15, -0.1) is 0 Å². The average molecular weight is 263 g/mol. The summed E-state index contributed by atoms with van der Waals surface area (Å²) in [6, 6.07) is 0. The molecule has 0 saturated carbocycles. The number of nitrogens with zero attached hydrogens (tertiary/aromatic N) is 4. The van der Waals surface area contributed by atoms with Gasteiger partial charge >= 0.3 is 0 Å². The first-order valence-electron chi connectivity index (χ1n) is 7.29. The molecule has 0 unspecified atom stereocenters. The Kier molecular flexibility index (Phi) is 4.96. The van der Waals surface area contributed by atoms with E-state index in [1.54, 1.807) is 6.33 Å². The van der Waals surface area contributed by atoms with Crippen molar-refractivity contribution in [2.75, 3.05) is 49.5 Å². The lowest BCUT2D eigenvalue weighted by atomic mass is 10.2. The van der Waals surface area contributed by atoms with Gasteiger partial charge in [0.2, 0.25) is 0 Å². The van der Waals surface area contributed by atoms with Gasteiger partial charge in [-0.2, -0.15) is 0 Å². The van der Waals surface area contributed by atoms with Crippen LogP contribution in [0.2, 0.25) is 0 Å². The fourth-order valence-electron chi connectivity index (χ4n) is 2.46. The molecule has 0 radical (unpaired) electrons. The summed E-state index contributed by atoms with van der Waals surface area (Å²) in [6.45, 7) is 12.9. The van der Waals surface area contributed by atoms with Gasteiger partial charge in [0.05, 0.1) is 0 Å². The smallest absolute Gasteiger partial charge is 0.137 e. The van der Waals surface area contributed by atoms with Crippen LogP contribution in [-0.2, 0) is 0 Å². The van der Waals surface area contributed by atoms with Crippen molar-refractivity contribution in [2.45, 2.75) is 27.2 Å². The maximum absolute atomic E-state index is 4.48. The second kappa shape index (κ2) is 6.70. The van der Waals surface area contributed by atoms with Crippen LogP contribution in [0.1, 0.15) is 25.8 Å². The highest BCUT2D eigenvalue weighted by atomic mass is 15.3. The third-order valence-corrected chi connectivity index (χ3v) is 3.72. The third kappa shape index (κ3) is 3.35. The lowest BCUT2D eigenvalue weighted by molar-refractivity contribution is 0.270. The first kappa shape index (κ1) is 14.1. The van der Waals surface area contributed by atoms with Crippen molar-refractivity contribution in [3.05, 3.63) is 11.9 Å². The molecule has 0 spiro atoms. The van der Waals surface area contributed by atoms with Gasteiger partial charge in [0.25, 0.3) is 0 Å². The second-order valence-electron chi connectivity index (χ2n) is 5.02. The molecule has 0 aliphatic carbocycles. The SMILES string of the molecule is CCCNc1ncnc(N2CCN(CC)CC2)c1C. The Morgan fingerprint density at radius 2 is 1.89 bits per heavy atom. The van der Waals surface area contributed by atoms with Crippen LogP contribution in [0.3, 0.4) is 0 Å². The first-order valence-corrected chi connectivity index (χ1v) is 7.29. The predicted octanol–water partition coefficient (Wildman–Crippen LogP) is 1.75. The summed E-state index contributed by atoms with van der Waals surface area (Å²) in [4.78, 5) is 13.7. The van der Waals surface area contributed by atoms with E-state index in [4.69, 9.17) is 0 Å². The molecule has 1 N–H and O–H groups in total. The fourth-order valence-corrected chi connectivity index (χ4v) is 2.46. The van der Waals surface area contributed by atoms with Crippen LogP contribution in [0, 0.1) is 6.92 Å². The molecule has 19 heavy (non-hydrogen) atoms. The average Bonchev–Trinajstić information content (AvgIpc) is 2.46. The standard InChI is InChI=1S/C14H25N5/c1-4-6-15-13-12(3)14(17-11-16-13)19-9-7-18(5-2)8-10-19/h11H,4-10H2,1-3H3,(H,15,16,17). The zero-order chi connectivity index (χ0) is 13.7. The summed E-state index contributed by atoms with van der Waals surface area (Å²) in [5, 5.41) is 3.37. The molecule has 0 bridgehead atoms. The van der Waals surface area contributed by atoms with Crippen LogP contribution < -0.4 is 10.2 Å². The zero-order valence-electron chi connectivity index (χ0n) is 12.3. The van der Waals surface area contributed by atoms with Crippen molar-refractivity contribution in [3.8, 4) is 0 Å². The van der Waals surface area contributed by atoms with E-state index in [1.165, 1.54) is 5.56 Å². The highest BCUT2D eigenvalue weighted by molar-refractivity contribution is 5.58. The van der Waals surface area contributed by atoms with Crippen LogP contribution in [0.5, 0.6) is 0 Å². The Labute approximate surface area is 116 Å². The van der Waals surface area contributed by atoms with Gasteiger partial charge in [-0.05, 0) is 19.9 Å². The van der Waals surface area contributed by atoms with E-state index in [1.807, 2.05) is 0 Å². The van der Waals surface area contributed by atoms with Crippen LogP contribution >= 0.6 is 0 Å². The van der Waals surface area contributed by atoms with E-state index in [2.05, 4.69) is 45.9 Å². The van der Waals surface area contributed by atoms with E-state index in [9.17, 15) is 0 Å². The molecule has 1 aliphatic heterocycles. The summed E-state index contributed by atoms with van der Waals surface area (Å²) in [5.41, 5.74) is 1.17. The number of aromatic nitrogens is 2. The molecule has 2 heterocycles. The Morgan fingerprint density at radius 1 is 1.16 bits per heavy atom. The quantitative estimate of drug-likeness (QED) is 0.877. The summed E-state index contributed by atoms with van der Waals surface area (Å²) in [5.74, 6) is 2.06. The third-order valence-electron chi connectivity index (χ3n) is 3.72. The van der Waals surface area contributed by atoms with Crippen molar-refractivity contribution < 1.29 is 0 Å². The normalized spacial score (nSPS) is 16.7. The fraction of sp³-hybridized carbons (Fsp3) is 0.714. The molecule has 0 aromatic carbocycles. The van der Waals surface area contributed by atoms with Crippen molar-refractivity contribution in [3.63, 3.8) is 0 Å². The highest BCUT2D eigenvalue weighted by Crippen LogP contribution is 2.23. The topological polar surface area (TPSA) is 44.3 Å². The van der Waals surface area contributed by atoms with Crippen molar-refractivity contribution in [1.82, 2.24) is 14.9 Å². The van der Waals surface area contributed by atoms with E-state index in [0.717, 1.165) is 57.3 Å². The van der Waals surface area contributed by atoms with E-state index >= 15 is 0 Å². The molecule has 5 heteroatoms. The molecular formula is C14H25N5. The highest BCUT2D eigenvalue weighted by Gasteiger charge is 2.19.